The molecule has 6 rings (SSSR count). The molecular weight excluding hydrogens is 656 g/mol. The van der Waals surface area contributed by atoms with Crippen molar-refractivity contribution in [2.24, 2.45) is 0 Å². The van der Waals surface area contributed by atoms with E-state index in [0.29, 0.717) is 45.6 Å². The Kier molecular flexibility index (Phi) is 10.4. The molecule has 0 N–H and O–H groups in total. The molecule has 2 atom stereocenters. The number of carbonyl (C=O) groups is 2. The summed E-state index contributed by atoms with van der Waals surface area (Å²) < 4.78 is 15.8. The van der Waals surface area contributed by atoms with Crippen LogP contribution in [0.25, 0.3) is 11.4 Å². The first-order valence-electron chi connectivity index (χ1n) is 17.2. The highest BCUT2D eigenvalue weighted by molar-refractivity contribution is 5.78. The first kappa shape index (κ1) is 35.8. The smallest absolute Gasteiger partial charge is 0.307 e. The van der Waals surface area contributed by atoms with Crippen LogP contribution in [-0.4, -0.2) is 51.4 Å². The van der Waals surface area contributed by atoms with Crippen LogP contribution in [0.1, 0.15) is 93.4 Å². The number of aryl methyl sites for hydroxylation is 8. The molecule has 0 saturated heterocycles. The summed E-state index contributed by atoms with van der Waals surface area (Å²) in [4.78, 5) is 46.3. The maximum Gasteiger partial charge on any atom is 0.307 e. The third-order valence-corrected chi connectivity index (χ3v) is 8.82. The fourth-order valence-corrected chi connectivity index (χ4v) is 6.02. The fraction of sp³-hybridized carbons (Fsp3) is 0.300. The van der Waals surface area contributed by atoms with Gasteiger partial charge in [0, 0.05) is 0 Å². The van der Waals surface area contributed by atoms with E-state index in [1.807, 2.05) is 128 Å². The fourth-order valence-electron chi connectivity index (χ4n) is 6.02. The zero-order valence-electron chi connectivity index (χ0n) is 30.7. The lowest BCUT2D eigenvalue weighted by atomic mass is 10.1. The van der Waals surface area contributed by atoms with Gasteiger partial charge in [0.05, 0.1) is 81.2 Å². The van der Waals surface area contributed by atoms with Crippen LogP contribution in [0.2, 0.25) is 0 Å². The van der Waals surface area contributed by atoms with Gasteiger partial charge >= 0.3 is 11.9 Å². The van der Waals surface area contributed by atoms with Crippen molar-refractivity contribution in [2.45, 2.75) is 80.4 Å². The predicted molar refractivity (Wildman–Crippen MR) is 194 cm³/mol. The molecule has 6 aromatic rings. The Balaban J connectivity index is 1.29. The maximum absolute atomic E-state index is 13.7. The van der Waals surface area contributed by atoms with E-state index in [4.69, 9.17) is 29.6 Å². The van der Waals surface area contributed by atoms with Crippen molar-refractivity contribution in [3.8, 4) is 11.4 Å². The van der Waals surface area contributed by atoms with E-state index < -0.39 is 24.1 Å². The Bertz CT molecular complexity index is 2090. The summed E-state index contributed by atoms with van der Waals surface area (Å²) in [6.07, 6.45) is -2.37. The van der Waals surface area contributed by atoms with Gasteiger partial charge in [0.1, 0.15) is 11.4 Å². The maximum atomic E-state index is 13.7. The van der Waals surface area contributed by atoms with Gasteiger partial charge < -0.3 is 9.47 Å². The number of benzene rings is 2. The molecule has 2 unspecified atom stereocenters. The minimum Gasteiger partial charge on any atom is -0.449 e. The second-order valence-electron chi connectivity index (χ2n) is 12.9. The summed E-state index contributed by atoms with van der Waals surface area (Å²) in [6.45, 7) is 14.9. The molecule has 52 heavy (non-hydrogen) atoms. The van der Waals surface area contributed by atoms with Crippen molar-refractivity contribution in [3.63, 3.8) is 0 Å². The molecule has 12 nitrogen and oxygen atoms in total. The second-order valence-corrected chi connectivity index (χ2v) is 12.9. The monoisotopic (exact) mass is 698 g/mol. The van der Waals surface area contributed by atoms with Gasteiger partial charge in [-0.3, -0.25) is 19.6 Å². The highest BCUT2D eigenvalue weighted by atomic mass is 16.6. The van der Waals surface area contributed by atoms with E-state index in [1.54, 1.807) is 9.36 Å². The summed E-state index contributed by atoms with van der Waals surface area (Å²) in [7, 11) is 0. The molecule has 0 amide bonds. The summed E-state index contributed by atoms with van der Waals surface area (Å²) in [6, 6.07) is 22.9. The van der Waals surface area contributed by atoms with Crippen LogP contribution in [0.3, 0.4) is 0 Å². The van der Waals surface area contributed by atoms with E-state index >= 15 is 0 Å². The number of aromatic nitrogens is 8. The SMILES string of the molecule is Cc1cc(C(OC(=O)CCC(=O)OC(c2nc(C)c(C)nc2C)c2cc(C)nn2-c2ccccc2)c2nc(C)c(C)nc2C)n(-c2ccccc2)n1. The van der Waals surface area contributed by atoms with Crippen molar-refractivity contribution in [3.05, 3.63) is 141 Å². The van der Waals surface area contributed by atoms with Crippen LogP contribution >= 0.6 is 0 Å². The highest BCUT2D eigenvalue weighted by Gasteiger charge is 2.31. The van der Waals surface area contributed by atoms with Crippen molar-refractivity contribution >= 4 is 11.9 Å². The Morgan fingerprint density at radius 3 is 1.23 bits per heavy atom. The number of nitrogens with zero attached hydrogens (tertiary/aromatic N) is 8. The Morgan fingerprint density at radius 1 is 0.519 bits per heavy atom. The van der Waals surface area contributed by atoms with Gasteiger partial charge in [-0.1, -0.05) is 36.4 Å². The average molecular weight is 699 g/mol. The van der Waals surface area contributed by atoms with Gasteiger partial charge in [0.2, 0.25) is 0 Å². The molecule has 266 valence electrons. The van der Waals surface area contributed by atoms with Gasteiger partial charge in [0.25, 0.3) is 0 Å². The van der Waals surface area contributed by atoms with Crippen LogP contribution in [0.5, 0.6) is 0 Å². The van der Waals surface area contributed by atoms with Crippen LogP contribution in [0.4, 0.5) is 0 Å². The van der Waals surface area contributed by atoms with E-state index in [2.05, 4.69) is 9.97 Å². The van der Waals surface area contributed by atoms with E-state index in [-0.39, 0.29) is 12.8 Å². The van der Waals surface area contributed by atoms with Crippen molar-refractivity contribution in [1.82, 2.24) is 39.5 Å². The van der Waals surface area contributed by atoms with E-state index in [1.165, 1.54) is 0 Å². The number of carbonyl (C=O) groups excluding carboxylic acids is 2. The zero-order chi connectivity index (χ0) is 37.1. The first-order chi connectivity index (χ1) is 24.9. The van der Waals surface area contributed by atoms with Crippen LogP contribution < -0.4 is 0 Å². The minimum absolute atomic E-state index is 0.244. The predicted octanol–water partition coefficient (Wildman–Crippen LogP) is 6.85. The molecule has 12 heteroatoms. The molecule has 0 aliphatic rings. The lowest BCUT2D eigenvalue weighted by molar-refractivity contribution is -0.154. The van der Waals surface area contributed by atoms with Gasteiger partial charge in [-0.05, 0) is 91.8 Å². The first-order valence-corrected chi connectivity index (χ1v) is 17.2. The van der Waals surface area contributed by atoms with Gasteiger partial charge in [-0.15, -0.1) is 0 Å². The third kappa shape index (κ3) is 7.65. The van der Waals surface area contributed by atoms with E-state index in [0.717, 1.165) is 34.2 Å². The van der Waals surface area contributed by atoms with Crippen LogP contribution in [-0.2, 0) is 19.1 Å². The number of para-hydroxylation sites is 2. The Hall–Kier alpha value is -6.04. The Morgan fingerprint density at radius 2 is 0.865 bits per heavy atom. The van der Waals surface area contributed by atoms with Crippen LogP contribution in [0.15, 0.2) is 72.8 Å². The van der Waals surface area contributed by atoms with Crippen molar-refractivity contribution < 1.29 is 19.1 Å². The molecule has 0 radical (unpaired) electrons. The number of hydrogen-bond acceptors (Lipinski definition) is 10. The lowest BCUT2D eigenvalue weighted by Gasteiger charge is -2.22. The molecule has 0 spiro atoms. The van der Waals surface area contributed by atoms with Gasteiger partial charge in [-0.2, -0.15) is 10.2 Å². The molecule has 0 aliphatic heterocycles. The van der Waals surface area contributed by atoms with Gasteiger partial charge in [0.15, 0.2) is 12.2 Å². The zero-order valence-corrected chi connectivity index (χ0v) is 30.7. The summed E-state index contributed by atoms with van der Waals surface area (Å²) >= 11 is 0. The topological polar surface area (TPSA) is 140 Å². The molecule has 4 heterocycles. The summed E-state index contributed by atoms with van der Waals surface area (Å²) in [5.74, 6) is -1.22. The number of ether oxygens (including phenoxy) is 2. The molecule has 2 aromatic carbocycles. The molecular formula is C40H42N8O4. The molecule has 0 saturated carbocycles. The van der Waals surface area contributed by atoms with E-state index in [9.17, 15) is 9.59 Å². The minimum atomic E-state index is -0.943. The third-order valence-electron chi connectivity index (χ3n) is 8.82. The molecule has 0 bridgehead atoms. The van der Waals surface area contributed by atoms with Crippen molar-refractivity contribution in [1.29, 1.82) is 0 Å². The van der Waals surface area contributed by atoms with Gasteiger partial charge in [-0.25, -0.2) is 19.3 Å². The van der Waals surface area contributed by atoms with Crippen molar-refractivity contribution in [2.75, 3.05) is 0 Å². The normalized spacial score (nSPS) is 12.4. The molecule has 0 aliphatic carbocycles. The molecule has 0 fully saturated rings. The Labute approximate surface area is 302 Å². The quantitative estimate of drug-likeness (QED) is 0.132. The number of esters is 2. The average Bonchev–Trinajstić information content (AvgIpc) is 3.71. The number of hydrogen-bond donors (Lipinski definition) is 0. The lowest BCUT2D eigenvalue weighted by Crippen LogP contribution is -2.22. The summed E-state index contributed by atoms with van der Waals surface area (Å²) in [5.41, 5.74) is 9.49. The largest absolute Gasteiger partial charge is 0.449 e. The van der Waals surface area contributed by atoms with Crippen LogP contribution in [0, 0.1) is 55.4 Å². The second kappa shape index (κ2) is 15.1. The number of rotatable bonds is 11. The summed E-state index contributed by atoms with van der Waals surface area (Å²) in [5, 5.41) is 9.41. The molecule has 4 aromatic heterocycles. The highest BCUT2D eigenvalue weighted by Crippen LogP contribution is 2.32. The standard InChI is InChI=1S/C40H42N8O4/c1-23-21-33(47(45-23)31-15-11-9-12-16-31)39(37-29(7)41-25(3)27(5)43-37)51-35(49)19-20-36(50)52-40(38-30(8)42-26(4)28(6)44-38)34-22-24(2)46-48(34)32-17-13-10-14-18-32/h9-18,21-22,39-40H,19-20H2,1-8H3.